The largest absolute Gasteiger partial charge is 0.385 e. The minimum atomic E-state index is -2.96. The number of rotatable bonds is 8. The van der Waals surface area contributed by atoms with Gasteiger partial charge in [0, 0.05) is 74.6 Å². The molecule has 1 saturated carbocycles. The first-order valence-electron chi connectivity index (χ1n) is 22.0. The molecule has 2 aromatic heterocycles. The van der Waals surface area contributed by atoms with E-state index in [9.17, 15) is 19.2 Å². The number of carbonyl (C=O) groups is 4. The van der Waals surface area contributed by atoms with Crippen LogP contribution in [0.15, 0.2) is 67.0 Å². The number of alkyl halides is 2. The molecule has 1 unspecified atom stereocenters. The SMILES string of the molecule is C1CCC1.CNC1=CC(N2CCc3c(-c4ccc(CN5CCC6(CCN(C(=O)c7ccc(Cl)c(N8CCC(=O)NC8=O)c7)CC6)C(F)(F)C5)cn4)cccc32)Nn2c(C(N)=O)cnc21. The molecule has 0 radical (unpaired) electrons. The van der Waals surface area contributed by atoms with Crippen molar-refractivity contribution in [2.24, 2.45) is 11.1 Å². The molecule has 1 aliphatic carbocycles. The van der Waals surface area contributed by atoms with Gasteiger partial charge in [0.1, 0.15) is 11.9 Å². The number of fused-ring (bicyclic) bond motifs is 2. The molecule has 1 spiro atoms. The van der Waals surface area contributed by atoms with E-state index in [1.54, 1.807) is 33.8 Å². The van der Waals surface area contributed by atoms with Crippen LogP contribution in [0.4, 0.5) is 25.0 Å². The van der Waals surface area contributed by atoms with Gasteiger partial charge in [0.15, 0.2) is 5.82 Å². The second kappa shape index (κ2) is 17.5. The minimum Gasteiger partial charge on any atom is -0.385 e. The van der Waals surface area contributed by atoms with Gasteiger partial charge in [-0.25, -0.2) is 23.2 Å². The van der Waals surface area contributed by atoms with Gasteiger partial charge < -0.3 is 20.9 Å². The number of primary amides is 1. The molecule has 10 rings (SSSR count). The minimum absolute atomic E-state index is 0.105. The van der Waals surface area contributed by atoms with Crippen molar-refractivity contribution < 1.29 is 28.0 Å². The van der Waals surface area contributed by atoms with Crippen LogP contribution in [0.25, 0.3) is 17.0 Å². The van der Waals surface area contributed by atoms with Crippen LogP contribution in [0.5, 0.6) is 0 Å². The number of hydrogen-bond acceptors (Lipinski definition) is 10. The molecule has 5 aliphatic heterocycles. The smallest absolute Gasteiger partial charge is 0.328 e. The summed E-state index contributed by atoms with van der Waals surface area (Å²) >= 11 is 6.38. The molecule has 64 heavy (non-hydrogen) atoms. The zero-order valence-electron chi connectivity index (χ0n) is 35.7. The lowest BCUT2D eigenvalue weighted by molar-refractivity contribution is -0.186. The zero-order valence-corrected chi connectivity index (χ0v) is 36.5. The molecule has 2 aromatic carbocycles. The second-order valence-electron chi connectivity index (χ2n) is 17.4. The number of amides is 5. The Hall–Kier alpha value is -6.07. The number of carbonyl (C=O) groups excluding carboxylic acids is 4. The van der Waals surface area contributed by atoms with Crippen LogP contribution in [0.2, 0.25) is 5.02 Å². The fourth-order valence-corrected chi connectivity index (χ4v) is 9.80. The first-order valence-corrected chi connectivity index (χ1v) is 22.4. The van der Waals surface area contributed by atoms with E-state index < -0.39 is 23.3 Å². The average molecular weight is 896 g/mol. The van der Waals surface area contributed by atoms with Crippen molar-refractivity contribution in [1.29, 1.82) is 0 Å². The molecule has 6 aliphatic rings. The summed E-state index contributed by atoms with van der Waals surface area (Å²) in [6.07, 6.45) is 12.5. The molecule has 4 fully saturated rings. The Labute approximate surface area is 375 Å². The van der Waals surface area contributed by atoms with E-state index in [4.69, 9.17) is 22.3 Å². The molecule has 15 nitrogen and oxygen atoms in total. The number of halogens is 3. The van der Waals surface area contributed by atoms with E-state index >= 15 is 8.78 Å². The predicted octanol–water partition coefficient (Wildman–Crippen LogP) is 5.97. The molecule has 0 bridgehead atoms. The molecule has 4 aromatic rings. The molecule has 5 amide bonds. The maximum atomic E-state index is 16.2. The number of pyridine rings is 1. The number of nitrogens with zero attached hydrogens (tertiary/aromatic N) is 7. The van der Waals surface area contributed by atoms with Crippen molar-refractivity contribution in [3.63, 3.8) is 0 Å². The highest BCUT2D eigenvalue weighted by Crippen LogP contribution is 2.51. The number of aromatic nitrogens is 3. The van der Waals surface area contributed by atoms with Crippen LogP contribution in [0.1, 0.15) is 89.2 Å². The van der Waals surface area contributed by atoms with Crippen molar-refractivity contribution in [2.75, 3.05) is 61.5 Å². The monoisotopic (exact) mass is 895 g/mol. The van der Waals surface area contributed by atoms with Crippen molar-refractivity contribution in [1.82, 2.24) is 35.1 Å². The second-order valence-corrected chi connectivity index (χ2v) is 17.8. The highest BCUT2D eigenvalue weighted by Gasteiger charge is 2.57. The lowest BCUT2D eigenvalue weighted by Crippen LogP contribution is -2.59. The fraction of sp³-hybridized carbons (Fsp3) is 0.435. The van der Waals surface area contributed by atoms with Gasteiger partial charge in [-0.2, -0.15) is 0 Å². The number of hydrogen-bond donors (Lipinski definition) is 4. The van der Waals surface area contributed by atoms with Gasteiger partial charge in [-0.3, -0.25) is 39.9 Å². The summed E-state index contributed by atoms with van der Waals surface area (Å²) in [4.78, 5) is 65.9. The number of imide groups is 1. The van der Waals surface area contributed by atoms with Crippen LogP contribution < -0.4 is 31.6 Å². The Bertz CT molecular complexity index is 2500. The summed E-state index contributed by atoms with van der Waals surface area (Å²) in [5.74, 6) is -3.68. The first-order chi connectivity index (χ1) is 30.8. The number of benzene rings is 2. The maximum absolute atomic E-state index is 16.2. The van der Waals surface area contributed by atoms with Crippen molar-refractivity contribution in [3.05, 3.63) is 100 Å². The number of nitrogens with one attached hydrogen (secondary N) is 3. The van der Waals surface area contributed by atoms with E-state index in [1.807, 2.05) is 30.3 Å². The van der Waals surface area contributed by atoms with Gasteiger partial charge in [0.25, 0.3) is 17.7 Å². The van der Waals surface area contributed by atoms with E-state index in [1.165, 1.54) is 48.9 Å². The van der Waals surface area contributed by atoms with E-state index in [0.717, 1.165) is 46.7 Å². The molecule has 336 valence electrons. The number of urea groups is 1. The third-order valence-electron chi connectivity index (χ3n) is 13.7. The Morgan fingerprint density at radius 3 is 2.36 bits per heavy atom. The normalized spacial score (nSPS) is 21.1. The third-order valence-corrected chi connectivity index (χ3v) is 14.0. The Morgan fingerprint density at radius 1 is 0.922 bits per heavy atom. The molecule has 18 heteroatoms. The molecule has 7 heterocycles. The molecular formula is C46H52ClF2N11O4. The lowest BCUT2D eigenvalue weighted by Gasteiger charge is -2.51. The molecule has 5 N–H and O–H groups in total. The number of nitrogens with two attached hydrogens (primary N) is 1. The average Bonchev–Trinajstić information content (AvgIpc) is 3.90. The number of anilines is 2. The highest BCUT2D eigenvalue weighted by atomic mass is 35.5. The number of likely N-dealkylation sites (tertiary alicyclic amines) is 2. The Balaban J connectivity index is 0.00000123. The highest BCUT2D eigenvalue weighted by molar-refractivity contribution is 6.34. The number of imidazole rings is 1. The third kappa shape index (κ3) is 8.15. The number of piperidine rings is 2. The van der Waals surface area contributed by atoms with Crippen LogP contribution in [0.3, 0.4) is 0 Å². The zero-order chi connectivity index (χ0) is 44.8. The van der Waals surface area contributed by atoms with Gasteiger partial charge in [-0.05, 0) is 79.8 Å². The van der Waals surface area contributed by atoms with E-state index in [0.29, 0.717) is 36.6 Å². The van der Waals surface area contributed by atoms with Crippen LogP contribution in [-0.4, -0.2) is 107 Å². The summed E-state index contributed by atoms with van der Waals surface area (Å²) in [6.45, 7) is 1.67. The molecular weight excluding hydrogens is 844 g/mol. The van der Waals surface area contributed by atoms with Gasteiger partial charge in [0.2, 0.25) is 5.91 Å². The lowest BCUT2D eigenvalue weighted by atomic mass is 9.68. The van der Waals surface area contributed by atoms with Gasteiger partial charge in [-0.1, -0.05) is 55.5 Å². The summed E-state index contributed by atoms with van der Waals surface area (Å²) in [7, 11) is 1.80. The summed E-state index contributed by atoms with van der Waals surface area (Å²) in [6, 6.07) is 14.0. The van der Waals surface area contributed by atoms with E-state index in [2.05, 4.69) is 32.0 Å². The van der Waals surface area contributed by atoms with Crippen LogP contribution in [-0.2, 0) is 17.8 Å². The predicted molar refractivity (Wildman–Crippen MR) is 239 cm³/mol. The van der Waals surface area contributed by atoms with Gasteiger partial charge >= 0.3 is 6.03 Å². The summed E-state index contributed by atoms with van der Waals surface area (Å²) in [5.41, 5.74) is 14.2. The molecule has 3 saturated heterocycles. The summed E-state index contributed by atoms with van der Waals surface area (Å²) < 4.78 is 34.0. The van der Waals surface area contributed by atoms with Crippen molar-refractivity contribution in [3.8, 4) is 11.3 Å². The topological polar surface area (TPSA) is 174 Å². The van der Waals surface area contributed by atoms with Crippen LogP contribution >= 0.6 is 11.6 Å². The van der Waals surface area contributed by atoms with Crippen LogP contribution in [0, 0.1) is 5.41 Å². The van der Waals surface area contributed by atoms with Gasteiger partial charge in [-0.15, -0.1) is 0 Å². The maximum Gasteiger partial charge on any atom is 0.328 e. The molecule has 1 atom stereocenters. The standard InChI is InChI=1S/C42H44ClF2N11O4.C4H8/c1-47-31-20-35(51-56-34(37(46)58)22-49-38(31)56)54-14-9-28-27(3-2-4-32(28)54)30-8-5-25(21-48-30)23-52-16-11-41(42(44,45)24-52)12-17-53(18-13-41)39(59)26-6-7-29(43)33(19-26)55-15-10-36(57)50-40(55)60;1-2-4-3-1/h2-8,19-22,35,47,51H,9-18,23-24H2,1H3,(H2,46,58)(H,50,57,60);1-4H2. The fourth-order valence-electron chi connectivity index (χ4n) is 9.58. The Kier molecular flexibility index (Phi) is 11.8. The van der Waals surface area contributed by atoms with Crippen molar-refractivity contribution in [2.45, 2.75) is 76.4 Å². The summed E-state index contributed by atoms with van der Waals surface area (Å²) in [5, 5.41) is 5.69. The quantitative estimate of drug-likeness (QED) is 0.165. The van der Waals surface area contributed by atoms with E-state index in [-0.39, 0.29) is 74.1 Å². The Morgan fingerprint density at radius 2 is 1.69 bits per heavy atom. The van der Waals surface area contributed by atoms with Crippen molar-refractivity contribution >= 4 is 52.4 Å². The van der Waals surface area contributed by atoms with Gasteiger partial charge in [0.05, 0.1) is 34.8 Å². The first kappa shape index (κ1) is 43.2.